The number of hydrogen-bond donors (Lipinski definition) is 1. The molecule has 0 radical (unpaired) electrons. The van der Waals surface area contributed by atoms with Crippen LogP contribution in [0.4, 0.5) is 5.69 Å². The molecule has 1 aliphatic heterocycles. The molecule has 2 heterocycles. The Morgan fingerprint density at radius 3 is 2.82 bits per heavy atom. The van der Waals surface area contributed by atoms with Gasteiger partial charge in [0.25, 0.3) is 5.91 Å². The Labute approximate surface area is 154 Å². The molecule has 0 spiro atoms. The average Bonchev–Trinajstić information content (AvgIpc) is 3.02. The first kappa shape index (κ1) is 15.9. The number of furan rings is 1. The lowest BCUT2D eigenvalue weighted by Crippen LogP contribution is -2.19. The second-order valence-electron chi connectivity index (χ2n) is 4.20. The number of benzene rings is 1. The van der Waals surface area contributed by atoms with Gasteiger partial charge in [-0.2, -0.15) is 0 Å². The van der Waals surface area contributed by atoms with Crippen LogP contribution in [0.15, 0.2) is 44.6 Å². The van der Waals surface area contributed by atoms with Gasteiger partial charge in [-0.25, -0.2) is 4.99 Å². The molecule has 1 aromatic carbocycles. The van der Waals surface area contributed by atoms with Gasteiger partial charge in [-0.05, 0) is 58.6 Å². The van der Waals surface area contributed by atoms with Crippen molar-refractivity contribution >= 4 is 80.4 Å². The van der Waals surface area contributed by atoms with Crippen LogP contribution in [0.25, 0.3) is 6.08 Å². The van der Waals surface area contributed by atoms with Crippen molar-refractivity contribution in [2.24, 2.45) is 4.99 Å². The number of carbonyl (C=O) groups is 1. The lowest BCUT2D eigenvalue weighted by Gasteiger charge is -2.00. The molecule has 1 aromatic heterocycles. The zero-order valence-corrected chi connectivity index (χ0v) is 15.3. The molecule has 8 heteroatoms. The number of carbonyl (C=O) groups excluding carboxylic acids is 1. The van der Waals surface area contributed by atoms with Gasteiger partial charge < -0.3 is 9.73 Å². The fraction of sp³-hybridized carbons (Fsp3) is 0. The Bertz CT molecular complexity index is 817. The summed E-state index contributed by atoms with van der Waals surface area (Å²) in [5, 5.41) is 3.90. The first-order valence-corrected chi connectivity index (χ1v) is 8.67. The molecule has 1 saturated heterocycles. The summed E-state index contributed by atoms with van der Waals surface area (Å²) in [7, 11) is 0. The van der Waals surface area contributed by atoms with Crippen LogP contribution >= 0.6 is 57.6 Å². The summed E-state index contributed by atoms with van der Waals surface area (Å²) < 4.78 is 6.18. The Hall–Kier alpha value is -0.960. The van der Waals surface area contributed by atoms with Crippen LogP contribution in [0.3, 0.4) is 0 Å². The summed E-state index contributed by atoms with van der Waals surface area (Å²) in [6.07, 6.45) is 1.67. The van der Waals surface area contributed by atoms with Crippen LogP contribution in [-0.4, -0.2) is 11.1 Å². The van der Waals surface area contributed by atoms with E-state index in [2.05, 4.69) is 32.9 Å². The molecule has 1 fully saturated rings. The van der Waals surface area contributed by atoms with Crippen LogP contribution < -0.4 is 5.32 Å². The fourth-order valence-electron chi connectivity index (χ4n) is 1.70. The van der Waals surface area contributed by atoms with Crippen LogP contribution in [-0.2, 0) is 4.79 Å². The predicted molar refractivity (Wildman–Crippen MR) is 98.7 cm³/mol. The SMILES string of the molecule is O=C1NC(=Nc2cccc(Cl)c2Cl)S/C1=C\c1ccc(I)o1. The lowest BCUT2D eigenvalue weighted by molar-refractivity contribution is -0.115. The number of halogens is 3. The minimum Gasteiger partial charge on any atom is -0.451 e. The highest BCUT2D eigenvalue weighted by Crippen LogP contribution is 2.34. The van der Waals surface area contributed by atoms with E-state index in [0.29, 0.717) is 31.6 Å². The molecule has 0 aliphatic carbocycles. The predicted octanol–water partition coefficient (Wildman–Crippen LogP) is 5.08. The number of thioether (sulfide) groups is 1. The molecule has 1 N–H and O–H groups in total. The van der Waals surface area contributed by atoms with E-state index in [0.717, 1.165) is 3.77 Å². The lowest BCUT2D eigenvalue weighted by atomic mass is 10.3. The smallest absolute Gasteiger partial charge is 0.264 e. The highest BCUT2D eigenvalue weighted by molar-refractivity contribution is 14.1. The van der Waals surface area contributed by atoms with Crippen LogP contribution in [0, 0.1) is 3.77 Å². The van der Waals surface area contributed by atoms with E-state index in [9.17, 15) is 4.79 Å². The average molecular weight is 465 g/mol. The molecule has 1 amide bonds. The third-order valence-electron chi connectivity index (χ3n) is 2.67. The number of rotatable bonds is 2. The summed E-state index contributed by atoms with van der Waals surface area (Å²) in [5.41, 5.74) is 0.505. The van der Waals surface area contributed by atoms with Gasteiger partial charge in [0.1, 0.15) is 5.76 Å². The van der Waals surface area contributed by atoms with Crippen LogP contribution in [0.2, 0.25) is 10.0 Å². The number of nitrogens with zero attached hydrogens (tertiary/aromatic N) is 1. The molecule has 0 bridgehead atoms. The number of aliphatic imine (C=N–C) groups is 1. The Kier molecular flexibility index (Phi) is 4.82. The maximum Gasteiger partial charge on any atom is 0.264 e. The second kappa shape index (κ2) is 6.66. The van der Waals surface area contributed by atoms with E-state index >= 15 is 0 Å². The van der Waals surface area contributed by atoms with Gasteiger partial charge in [-0.1, -0.05) is 29.3 Å². The highest BCUT2D eigenvalue weighted by atomic mass is 127. The van der Waals surface area contributed by atoms with Crippen molar-refractivity contribution in [3.8, 4) is 0 Å². The van der Waals surface area contributed by atoms with Crippen molar-refractivity contribution in [2.45, 2.75) is 0 Å². The van der Waals surface area contributed by atoms with Crippen molar-refractivity contribution < 1.29 is 9.21 Å². The molecule has 1 aliphatic rings. The number of nitrogens with one attached hydrogen (secondary N) is 1. The molecular weight excluding hydrogens is 458 g/mol. The Morgan fingerprint density at radius 2 is 2.09 bits per heavy atom. The summed E-state index contributed by atoms with van der Waals surface area (Å²) in [6, 6.07) is 8.77. The normalized spacial score (nSPS) is 18.2. The van der Waals surface area contributed by atoms with Crippen molar-refractivity contribution in [2.75, 3.05) is 0 Å². The third kappa shape index (κ3) is 3.51. The number of amides is 1. The van der Waals surface area contributed by atoms with Crippen molar-refractivity contribution in [1.29, 1.82) is 0 Å². The first-order valence-electron chi connectivity index (χ1n) is 6.02. The van der Waals surface area contributed by atoms with E-state index in [1.807, 2.05) is 6.07 Å². The van der Waals surface area contributed by atoms with Gasteiger partial charge in [0, 0.05) is 6.08 Å². The van der Waals surface area contributed by atoms with Crippen molar-refractivity contribution in [3.63, 3.8) is 0 Å². The van der Waals surface area contributed by atoms with Crippen LogP contribution in [0.5, 0.6) is 0 Å². The molecule has 0 atom stereocenters. The monoisotopic (exact) mass is 464 g/mol. The number of hydrogen-bond acceptors (Lipinski definition) is 4. The number of amidine groups is 1. The topological polar surface area (TPSA) is 54.6 Å². The zero-order valence-electron chi connectivity index (χ0n) is 10.8. The van der Waals surface area contributed by atoms with E-state index in [1.54, 1.807) is 30.3 Å². The van der Waals surface area contributed by atoms with Gasteiger partial charge in [0.05, 0.1) is 20.6 Å². The van der Waals surface area contributed by atoms with E-state index < -0.39 is 0 Å². The molecule has 112 valence electrons. The summed E-state index contributed by atoms with van der Waals surface area (Å²) in [5.74, 6) is 0.386. The molecular formula is C14H7Cl2IN2O2S. The maximum atomic E-state index is 12.0. The minimum absolute atomic E-state index is 0.228. The molecule has 2 aromatic rings. The summed E-state index contributed by atoms with van der Waals surface area (Å²) in [6.45, 7) is 0. The largest absolute Gasteiger partial charge is 0.451 e. The van der Waals surface area contributed by atoms with Crippen molar-refractivity contribution in [3.05, 3.63) is 54.8 Å². The molecule has 0 unspecified atom stereocenters. The van der Waals surface area contributed by atoms with Crippen molar-refractivity contribution in [1.82, 2.24) is 5.32 Å². The van der Waals surface area contributed by atoms with Crippen LogP contribution in [0.1, 0.15) is 5.76 Å². The molecule has 22 heavy (non-hydrogen) atoms. The van der Waals surface area contributed by atoms with E-state index in [-0.39, 0.29) is 5.91 Å². The van der Waals surface area contributed by atoms with Gasteiger partial charge in [-0.3, -0.25) is 4.79 Å². The Balaban J connectivity index is 1.87. The summed E-state index contributed by atoms with van der Waals surface area (Å²) >= 11 is 15.3. The van der Waals surface area contributed by atoms with Gasteiger partial charge in [0.15, 0.2) is 8.93 Å². The quantitative estimate of drug-likeness (QED) is 0.497. The molecule has 3 rings (SSSR count). The highest BCUT2D eigenvalue weighted by Gasteiger charge is 2.24. The van der Waals surface area contributed by atoms with E-state index in [4.69, 9.17) is 27.6 Å². The third-order valence-corrected chi connectivity index (χ3v) is 4.97. The summed E-state index contributed by atoms with van der Waals surface area (Å²) in [4.78, 5) is 16.8. The maximum absolute atomic E-state index is 12.0. The van der Waals surface area contributed by atoms with E-state index in [1.165, 1.54) is 11.8 Å². The van der Waals surface area contributed by atoms with Gasteiger partial charge in [-0.15, -0.1) is 0 Å². The standard InChI is InChI=1S/C14H7Cl2IN2O2S/c15-8-2-1-3-9(12(8)16)18-14-19-13(20)10(22-14)6-7-4-5-11(17)21-7/h1-6H,(H,18,19,20)/b10-6-. The van der Waals surface area contributed by atoms with Gasteiger partial charge in [0.2, 0.25) is 0 Å². The molecule has 0 saturated carbocycles. The first-order chi connectivity index (χ1) is 10.5. The molecule has 4 nitrogen and oxygen atoms in total. The fourth-order valence-corrected chi connectivity index (χ4v) is 3.29. The zero-order chi connectivity index (χ0) is 15.7. The van der Waals surface area contributed by atoms with Gasteiger partial charge >= 0.3 is 0 Å². The minimum atomic E-state index is -0.228. The second-order valence-corrected chi connectivity index (χ2v) is 7.08. The Morgan fingerprint density at radius 1 is 1.27 bits per heavy atom.